The fourth-order valence-electron chi connectivity index (χ4n) is 1.56. The molecule has 0 fully saturated rings. The summed E-state index contributed by atoms with van der Waals surface area (Å²) < 4.78 is 0.550. The van der Waals surface area contributed by atoms with Gasteiger partial charge >= 0.3 is 5.97 Å². The number of aliphatic hydroxyl groups excluding tert-OH is 1. The Bertz CT molecular complexity index is 383. The predicted molar refractivity (Wildman–Crippen MR) is 83.3 cm³/mol. The molecule has 0 aliphatic carbocycles. The molecule has 10 heteroatoms. The van der Waals surface area contributed by atoms with Crippen LogP contribution in [0.5, 0.6) is 0 Å². The van der Waals surface area contributed by atoms with Gasteiger partial charge < -0.3 is 41.4 Å². The highest BCUT2D eigenvalue weighted by atomic mass is 16.4. The van der Waals surface area contributed by atoms with E-state index in [1.165, 1.54) is 0 Å². The highest BCUT2D eigenvalue weighted by Gasteiger charge is 2.14. The van der Waals surface area contributed by atoms with Crippen LogP contribution in [0.1, 0.15) is 19.3 Å². The zero-order valence-electron chi connectivity index (χ0n) is 13.9. The zero-order chi connectivity index (χ0) is 18.6. The third kappa shape index (κ3) is 20.1. The maximum Gasteiger partial charge on any atom is 0.320 e. The van der Waals surface area contributed by atoms with Crippen LogP contribution in [-0.4, -0.2) is 79.0 Å². The smallest absolute Gasteiger partial charge is 0.320 e. The van der Waals surface area contributed by atoms with Crippen molar-refractivity contribution in [2.75, 3.05) is 34.2 Å². The maximum atomic E-state index is 10.2. The van der Waals surface area contributed by atoms with Crippen molar-refractivity contribution in [2.45, 2.75) is 31.4 Å². The van der Waals surface area contributed by atoms with Gasteiger partial charge in [0.1, 0.15) is 18.7 Å². The number of carbonyl (C=O) groups excluding carboxylic acids is 1. The predicted octanol–water partition coefficient (Wildman–Crippen LogP) is -3.14. The minimum atomic E-state index is -1.20. The molecule has 0 rings (SSSR count). The number of guanidine groups is 1. The Morgan fingerprint density at radius 3 is 2.22 bits per heavy atom. The van der Waals surface area contributed by atoms with Gasteiger partial charge in [-0.05, 0) is 12.8 Å². The number of nitrogens with one attached hydrogen (secondary N) is 2. The number of nitrogens with zero attached hydrogens (tertiary/aromatic N) is 1. The van der Waals surface area contributed by atoms with Crippen molar-refractivity contribution in [1.29, 1.82) is 5.41 Å². The molecular formula is C13H29N5O5. The van der Waals surface area contributed by atoms with Gasteiger partial charge in [0.2, 0.25) is 0 Å². The topological polar surface area (TPSA) is 186 Å². The SMILES string of the molecule is C[N+](C)(C)CC(O)CC(=O)[O-].N=C(N)NCCCC(N)C(=O)O. The second-order valence-corrected chi connectivity index (χ2v) is 6.13. The first-order valence-corrected chi connectivity index (χ1v) is 7.09. The van der Waals surface area contributed by atoms with Crippen molar-refractivity contribution in [3.05, 3.63) is 0 Å². The number of rotatable bonds is 9. The number of likely N-dealkylation sites (N-methyl/N-ethyl adjacent to an activating group) is 1. The number of hydrogen-bond acceptors (Lipinski definition) is 6. The number of aliphatic carboxylic acids is 2. The average molecular weight is 335 g/mol. The van der Waals surface area contributed by atoms with Gasteiger partial charge in [-0.3, -0.25) is 10.2 Å². The summed E-state index contributed by atoms with van der Waals surface area (Å²) >= 11 is 0. The molecule has 23 heavy (non-hydrogen) atoms. The van der Waals surface area contributed by atoms with Crippen molar-refractivity contribution in [1.82, 2.24) is 5.32 Å². The third-order valence-corrected chi connectivity index (χ3v) is 2.49. The van der Waals surface area contributed by atoms with Crippen LogP contribution in [0.15, 0.2) is 0 Å². The number of carboxylic acid groups (broad SMARTS) is 2. The van der Waals surface area contributed by atoms with Crippen LogP contribution in [0.2, 0.25) is 0 Å². The summed E-state index contributed by atoms with van der Waals surface area (Å²) in [5.74, 6) is -2.32. The van der Waals surface area contributed by atoms with E-state index in [1.807, 2.05) is 21.1 Å². The van der Waals surface area contributed by atoms with Gasteiger partial charge in [-0.1, -0.05) is 0 Å². The van der Waals surface area contributed by atoms with Crippen LogP contribution in [0.25, 0.3) is 0 Å². The largest absolute Gasteiger partial charge is 0.550 e. The Hall–Kier alpha value is -1.91. The molecule has 0 aliphatic heterocycles. The Balaban J connectivity index is 0. The molecular weight excluding hydrogens is 306 g/mol. The number of carboxylic acids is 2. The minimum Gasteiger partial charge on any atom is -0.550 e. The van der Waals surface area contributed by atoms with Crippen LogP contribution in [0.3, 0.4) is 0 Å². The van der Waals surface area contributed by atoms with Crippen molar-refractivity contribution in [3.8, 4) is 0 Å². The van der Waals surface area contributed by atoms with E-state index in [9.17, 15) is 14.7 Å². The van der Waals surface area contributed by atoms with Crippen LogP contribution in [-0.2, 0) is 9.59 Å². The molecule has 0 heterocycles. The molecule has 0 radical (unpaired) electrons. The van der Waals surface area contributed by atoms with Crippen molar-refractivity contribution in [2.24, 2.45) is 11.5 Å². The fourth-order valence-corrected chi connectivity index (χ4v) is 1.56. The van der Waals surface area contributed by atoms with Crippen LogP contribution >= 0.6 is 0 Å². The lowest BCUT2D eigenvalue weighted by Crippen LogP contribution is -2.43. The molecule has 2 unspecified atom stereocenters. The highest BCUT2D eigenvalue weighted by Crippen LogP contribution is 1.97. The first kappa shape index (κ1) is 23.4. The molecule has 0 aliphatic rings. The second kappa shape index (κ2) is 11.6. The number of hydrogen-bond donors (Lipinski definition) is 6. The Labute approximate surface area is 136 Å². The van der Waals surface area contributed by atoms with Crippen molar-refractivity contribution in [3.63, 3.8) is 0 Å². The third-order valence-electron chi connectivity index (χ3n) is 2.49. The minimum absolute atomic E-state index is 0.112. The number of quaternary nitrogens is 1. The average Bonchev–Trinajstić information content (AvgIpc) is 2.31. The summed E-state index contributed by atoms with van der Waals surface area (Å²) in [5.41, 5.74) is 10.2. The Morgan fingerprint density at radius 2 is 1.87 bits per heavy atom. The van der Waals surface area contributed by atoms with Gasteiger partial charge in [0.15, 0.2) is 5.96 Å². The Morgan fingerprint density at radius 1 is 1.35 bits per heavy atom. The van der Waals surface area contributed by atoms with E-state index >= 15 is 0 Å². The summed E-state index contributed by atoms with van der Waals surface area (Å²) in [6.45, 7) is 0.907. The number of nitrogens with two attached hydrogens (primary N) is 2. The van der Waals surface area contributed by atoms with Crippen molar-refractivity contribution < 1.29 is 29.4 Å². The lowest BCUT2D eigenvalue weighted by atomic mass is 10.2. The van der Waals surface area contributed by atoms with E-state index in [4.69, 9.17) is 27.1 Å². The highest BCUT2D eigenvalue weighted by molar-refractivity contribution is 5.74. The normalized spacial score (nSPS) is 13.3. The summed E-state index contributed by atoms with van der Waals surface area (Å²) in [6.07, 6.45) is -0.113. The fraction of sp³-hybridized carbons (Fsp3) is 0.769. The molecule has 0 saturated carbocycles. The number of carbonyl (C=O) groups is 2. The van der Waals surface area contributed by atoms with E-state index in [1.54, 1.807) is 0 Å². The molecule has 10 nitrogen and oxygen atoms in total. The van der Waals surface area contributed by atoms with E-state index in [0.29, 0.717) is 30.4 Å². The maximum absolute atomic E-state index is 10.2. The van der Waals surface area contributed by atoms with Crippen LogP contribution in [0.4, 0.5) is 0 Å². The van der Waals surface area contributed by atoms with E-state index in [2.05, 4.69) is 5.32 Å². The molecule has 0 aromatic heterocycles. The first-order chi connectivity index (χ1) is 10.3. The van der Waals surface area contributed by atoms with E-state index < -0.39 is 24.1 Å². The molecule has 0 saturated heterocycles. The quantitative estimate of drug-likeness (QED) is 0.110. The summed E-state index contributed by atoms with van der Waals surface area (Å²) in [7, 11) is 5.66. The summed E-state index contributed by atoms with van der Waals surface area (Å²) in [4.78, 5) is 20.2. The molecule has 0 aromatic rings. The molecule has 8 N–H and O–H groups in total. The lowest BCUT2D eigenvalue weighted by molar-refractivity contribution is -0.873. The van der Waals surface area contributed by atoms with Gasteiger partial charge in [0.25, 0.3) is 0 Å². The molecule has 136 valence electrons. The molecule has 0 amide bonds. The standard InChI is InChI=1S/C7H15NO3.C6H14N4O2/c1-8(2,3)5-6(9)4-7(10)11;7-4(5(11)12)2-1-3-10-6(8)9/h6,9H,4-5H2,1-3H3;4H,1-3,7H2,(H,11,12)(H4,8,9,10). The summed E-state index contributed by atoms with van der Waals surface area (Å²) in [6, 6.07) is -0.821. The summed E-state index contributed by atoms with van der Waals surface area (Å²) in [5, 5.41) is 36.9. The monoisotopic (exact) mass is 335 g/mol. The molecule has 0 spiro atoms. The zero-order valence-corrected chi connectivity index (χ0v) is 13.9. The molecule has 0 bridgehead atoms. The number of aliphatic hydroxyl groups is 1. The lowest BCUT2D eigenvalue weighted by Gasteiger charge is -2.26. The molecule has 0 aromatic carbocycles. The van der Waals surface area contributed by atoms with Crippen LogP contribution in [0, 0.1) is 5.41 Å². The van der Waals surface area contributed by atoms with Crippen LogP contribution < -0.4 is 21.9 Å². The van der Waals surface area contributed by atoms with E-state index in [-0.39, 0.29) is 12.4 Å². The van der Waals surface area contributed by atoms with Crippen molar-refractivity contribution >= 4 is 17.9 Å². The van der Waals surface area contributed by atoms with Gasteiger partial charge in [0, 0.05) is 18.9 Å². The van der Waals surface area contributed by atoms with E-state index in [0.717, 1.165) is 0 Å². The van der Waals surface area contributed by atoms with Gasteiger partial charge in [0.05, 0.1) is 21.1 Å². The first-order valence-electron chi connectivity index (χ1n) is 7.09. The molecule has 2 atom stereocenters. The van der Waals surface area contributed by atoms with Gasteiger partial charge in [-0.2, -0.15) is 0 Å². The van der Waals surface area contributed by atoms with Gasteiger partial charge in [-0.15, -0.1) is 0 Å². The second-order valence-electron chi connectivity index (χ2n) is 6.13. The Kier molecular flexibility index (Phi) is 11.8. The van der Waals surface area contributed by atoms with Gasteiger partial charge in [-0.25, -0.2) is 0 Å².